The Kier molecular flexibility index (Phi) is 7.40. The number of rotatable bonds is 7. The lowest BCUT2D eigenvalue weighted by Gasteiger charge is -2.42. The van der Waals surface area contributed by atoms with Crippen molar-refractivity contribution in [1.82, 2.24) is 0 Å². The molecule has 1 aromatic rings. The van der Waals surface area contributed by atoms with Gasteiger partial charge in [0, 0.05) is 5.92 Å². The Balaban J connectivity index is 1.50. The quantitative estimate of drug-likeness (QED) is 0.206. The molecule has 12 nitrogen and oxygen atoms in total. The van der Waals surface area contributed by atoms with Crippen LogP contribution in [-0.4, -0.2) is 92.8 Å². The number of hydrogen-bond donors (Lipinski definition) is 6. The highest BCUT2D eigenvalue weighted by Gasteiger charge is 2.49. The zero-order chi connectivity index (χ0) is 25.3. The minimum atomic E-state index is -1.68. The molecule has 0 bridgehead atoms. The Labute approximate surface area is 199 Å². The van der Waals surface area contributed by atoms with E-state index < -0.39 is 67.4 Å². The van der Waals surface area contributed by atoms with Gasteiger partial charge in [0.25, 0.3) is 0 Å². The number of ether oxygens (including phenoxy) is 4. The summed E-state index contributed by atoms with van der Waals surface area (Å²) in [5.41, 5.74) is 0.710. The number of phenolic OH excluding ortho intramolecular Hbond substituents is 1. The zero-order valence-electron chi connectivity index (χ0n) is 18.3. The molecular formula is C23H26O12. The van der Waals surface area contributed by atoms with E-state index in [-0.39, 0.29) is 23.5 Å². The van der Waals surface area contributed by atoms with E-state index in [1.807, 2.05) is 0 Å². The van der Waals surface area contributed by atoms with Crippen molar-refractivity contribution in [2.24, 2.45) is 11.8 Å². The first-order valence-electron chi connectivity index (χ1n) is 10.9. The maximum atomic E-state index is 12.4. The van der Waals surface area contributed by atoms with Crippen molar-refractivity contribution in [3.05, 3.63) is 53.3 Å². The molecule has 0 aromatic heterocycles. The van der Waals surface area contributed by atoms with E-state index >= 15 is 0 Å². The summed E-state index contributed by atoms with van der Waals surface area (Å²) in [6.45, 7) is -0.852. The Morgan fingerprint density at radius 3 is 2.40 bits per heavy atom. The summed E-state index contributed by atoms with van der Waals surface area (Å²) in [7, 11) is 0. The van der Waals surface area contributed by atoms with E-state index in [1.54, 1.807) is 6.08 Å². The fourth-order valence-corrected chi connectivity index (χ4v) is 4.44. The van der Waals surface area contributed by atoms with E-state index in [1.165, 1.54) is 24.3 Å². The molecule has 35 heavy (non-hydrogen) atoms. The van der Waals surface area contributed by atoms with Gasteiger partial charge in [0.05, 0.1) is 29.9 Å². The van der Waals surface area contributed by atoms with Crippen LogP contribution in [0, 0.1) is 11.8 Å². The van der Waals surface area contributed by atoms with Crippen molar-refractivity contribution in [3.8, 4) is 5.75 Å². The van der Waals surface area contributed by atoms with Crippen molar-refractivity contribution in [3.63, 3.8) is 0 Å². The number of aliphatic carboxylic acids is 1. The molecule has 6 N–H and O–H groups in total. The highest BCUT2D eigenvalue weighted by atomic mass is 16.8. The van der Waals surface area contributed by atoms with Crippen LogP contribution in [0.1, 0.15) is 16.8 Å². The number of aromatic hydroxyl groups is 1. The molecule has 2 heterocycles. The Morgan fingerprint density at radius 1 is 1.03 bits per heavy atom. The number of aliphatic hydroxyl groups is 4. The molecule has 4 rings (SSSR count). The molecule has 0 radical (unpaired) electrons. The average Bonchev–Trinajstić information content (AvgIpc) is 3.27. The van der Waals surface area contributed by atoms with Gasteiger partial charge in [0.2, 0.25) is 6.29 Å². The van der Waals surface area contributed by atoms with Crippen molar-refractivity contribution < 1.29 is 59.2 Å². The second-order valence-corrected chi connectivity index (χ2v) is 8.49. The van der Waals surface area contributed by atoms with Crippen LogP contribution in [0.5, 0.6) is 5.75 Å². The minimum absolute atomic E-state index is 0.0107. The summed E-state index contributed by atoms with van der Waals surface area (Å²) in [5, 5.41) is 58.7. The lowest BCUT2D eigenvalue weighted by molar-refractivity contribution is -0.339. The lowest BCUT2D eigenvalue weighted by Crippen LogP contribution is -2.60. The first-order valence-corrected chi connectivity index (χ1v) is 10.9. The van der Waals surface area contributed by atoms with Gasteiger partial charge in [-0.1, -0.05) is 6.08 Å². The molecule has 1 aliphatic carbocycles. The second kappa shape index (κ2) is 10.3. The zero-order valence-corrected chi connectivity index (χ0v) is 18.3. The van der Waals surface area contributed by atoms with Gasteiger partial charge in [-0.3, -0.25) is 0 Å². The van der Waals surface area contributed by atoms with Crippen molar-refractivity contribution in [2.45, 2.75) is 43.4 Å². The van der Waals surface area contributed by atoms with Gasteiger partial charge in [-0.2, -0.15) is 0 Å². The smallest absolute Gasteiger partial charge is 0.338 e. The van der Waals surface area contributed by atoms with Crippen molar-refractivity contribution in [1.29, 1.82) is 0 Å². The summed E-state index contributed by atoms with van der Waals surface area (Å²) < 4.78 is 22.0. The molecule has 190 valence electrons. The van der Waals surface area contributed by atoms with Crippen LogP contribution in [-0.2, 0) is 23.7 Å². The van der Waals surface area contributed by atoms with Gasteiger partial charge in [0.15, 0.2) is 6.29 Å². The summed E-state index contributed by atoms with van der Waals surface area (Å²) in [4.78, 5) is 24.1. The topological polar surface area (TPSA) is 192 Å². The fourth-order valence-electron chi connectivity index (χ4n) is 4.44. The van der Waals surface area contributed by atoms with Crippen molar-refractivity contribution >= 4 is 11.9 Å². The van der Waals surface area contributed by atoms with Gasteiger partial charge in [0.1, 0.15) is 36.8 Å². The first-order chi connectivity index (χ1) is 16.7. The number of hydrogen-bond acceptors (Lipinski definition) is 11. The van der Waals surface area contributed by atoms with E-state index in [0.717, 1.165) is 6.26 Å². The van der Waals surface area contributed by atoms with Crippen molar-refractivity contribution in [2.75, 3.05) is 13.2 Å². The normalized spacial score (nSPS) is 34.3. The maximum Gasteiger partial charge on any atom is 0.338 e. The second-order valence-electron chi connectivity index (χ2n) is 8.49. The Hall–Kier alpha value is -3.00. The predicted molar refractivity (Wildman–Crippen MR) is 114 cm³/mol. The van der Waals surface area contributed by atoms with Crippen LogP contribution >= 0.6 is 0 Å². The molecule has 0 saturated carbocycles. The van der Waals surface area contributed by atoms with Crippen LogP contribution in [0.15, 0.2) is 47.7 Å². The first kappa shape index (κ1) is 25.1. The van der Waals surface area contributed by atoms with Crippen LogP contribution in [0.25, 0.3) is 0 Å². The van der Waals surface area contributed by atoms with Crippen LogP contribution in [0.3, 0.4) is 0 Å². The number of benzene rings is 1. The molecule has 0 amide bonds. The van der Waals surface area contributed by atoms with Crippen LogP contribution in [0.4, 0.5) is 0 Å². The molecule has 1 aromatic carbocycles. The van der Waals surface area contributed by atoms with Gasteiger partial charge in [-0.25, -0.2) is 9.59 Å². The van der Waals surface area contributed by atoms with Crippen LogP contribution in [0.2, 0.25) is 0 Å². The number of allylic oxidation sites excluding steroid dienone is 1. The number of aliphatic hydroxyl groups excluding tert-OH is 4. The molecular weight excluding hydrogens is 468 g/mol. The van der Waals surface area contributed by atoms with Gasteiger partial charge in [-0.15, -0.1) is 0 Å². The summed E-state index contributed by atoms with van der Waals surface area (Å²) in [5.74, 6) is -3.18. The van der Waals surface area contributed by atoms with Gasteiger partial charge >= 0.3 is 11.9 Å². The summed E-state index contributed by atoms with van der Waals surface area (Å²) >= 11 is 0. The minimum Gasteiger partial charge on any atom is -0.508 e. The van der Waals surface area contributed by atoms with E-state index in [9.17, 15) is 40.2 Å². The third-order valence-corrected chi connectivity index (χ3v) is 6.35. The largest absolute Gasteiger partial charge is 0.508 e. The molecule has 1 fully saturated rings. The molecule has 8 unspecified atom stereocenters. The number of phenols is 1. The monoisotopic (exact) mass is 494 g/mol. The number of esters is 1. The van der Waals surface area contributed by atoms with E-state index in [4.69, 9.17) is 18.9 Å². The molecule has 12 heteroatoms. The summed E-state index contributed by atoms with van der Waals surface area (Å²) in [6.07, 6.45) is -5.76. The third-order valence-electron chi connectivity index (χ3n) is 6.35. The molecule has 2 aliphatic heterocycles. The van der Waals surface area contributed by atoms with Gasteiger partial charge in [-0.05, 0) is 36.3 Å². The van der Waals surface area contributed by atoms with Gasteiger partial charge < -0.3 is 49.6 Å². The summed E-state index contributed by atoms with van der Waals surface area (Å²) in [6, 6.07) is 5.46. The number of carboxylic acids is 1. The number of carbonyl (C=O) groups is 2. The maximum absolute atomic E-state index is 12.4. The van der Waals surface area contributed by atoms with E-state index in [2.05, 4.69) is 0 Å². The molecule has 0 spiro atoms. The number of fused-ring (bicyclic) bond motifs is 1. The fraction of sp³-hybridized carbons (Fsp3) is 0.478. The van der Waals surface area contributed by atoms with Crippen LogP contribution < -0.4 is 0 Å². The Bertz CT molecular complexity index is 1000. The number of carbonyl (C=O) groups excluding carboxylic acids is 1. The SMILES string of the molecule is O=C(O)C1=COC(OC2OC(CO)C(O)C(O)C2O)C2C(COC(=O)c3ccc(O)cc3)=CCC12. The molecule has 3 aliphatic rings. The predicted octanol–water partition coefficient (Wildman–Crippen LogP) is -0.747. The standard InChI is InChI=1S/C23H26O12/c24-7-15-17(26)18(27)19(28)23(34-15)35-22-16-11(3-6-13(16)14(9-33-22)20(29)30)8-32-21(31)10-1-4-12(25)5-2-10/h1-5,9,13,15-19,22-28H,6-8H2,(H,29,30). The lowest BCUT2D eigenvalue weighted by atomic mass is 9.83. The number of carboxylic acid groups (broad SMARTS) is 1. The van der Waals surface area contributed by atoms with E-state index in [0.29, 0.717) is 12.0 Å². The molecule has 1 saturated heterocycles. The highest BCUT2D eigenvalue weighted by molar-refractivity contribution is 5.89. The molecule has 8 atom stereocenters. The highest BCUT2D eigenvalue weighted by Crippen LogP contribution is 2.44. The average molecular weight is 494 g/mol. The third kappa shape index (κ3) is 5.03. The Morgan fingerprint density at radius 2 is 1.74 bits per heavy atom.